The maximum Gasteiger partial charge on any atom is 0.338 e. The van der Waals surface area contributed by atoms with Gasteiger partial charge in [-0.25, -0.2) is 17.6 Å². The Hall–Kier alpha value is -1.99. The summed E-state index contributed by atoms with van der Waals surface area (Å²) in [5.41, 5.74) is -0.726. The lowest BCUT2D eigenvalue weighted by Gasteiger charge is -2.19. The van der Waals surface area contributed by atoms with Gasteiger partial charge >= 0.3 is 5.97 Å². The number of hydrogen-bond donors (Lipinski definition) is 1. The quantitative estimate of drug-likeness (QED) is 0.783. The standard InChI is InChI=1S/C14H16FNO4S/c1-4-6-16(7-5-2)21(19,20)11-8-10(3)13(15)12(9-11)14(17)18/h4-5,8-9H,1-2,6-7H2,3H3,(H,17,18). The summed E-state index contributed by atoms with van der Waals surface area (Å²) in [6.07, 6.45) is 2.80. The summed E-state index contributed by atoms with van der Waals surface area (Å²) in [6, 6.07) is 1.93. The lowest BCUT2D eigenvalue weighted by molar-refractivity contribution is 0.0691. The molecule has 0 saturated heterocycles. The first-order chi connectivity index (χ1) is 9.75. The predicted molar refractivity (Wildman–Crippen MR) is 77.2 cm³/mol. The molecule has 114 valence electrons. The van der Waals surface area contributed by atoms with Crippen LogP contribution in [0.25, 0.3) is 0 Å². The molecule has 1 aromatic carbocycles. The molecule has 0 spiro atoms. The van der Waals surface area contributed by atoms with Crippen LogP contribution in [0.3, 0.4) is 0 Å². The SMILES string of the molecule is C=CCN(CC=C)S(=O)(=O)c1cc(C)c(F)c(C(=O)O)c1. The summed E-state index contributed by atoms with van der Waals surface area (Å²) < 4.78 is 39.7. The second-order valence-corrected chi connectivity index (χ2v) is 6.24. The Morgan fingerprint density at radius 3 is 2.29 bits per heavy atom. The van der Waals surface area contributed by atoms with Gasteiger partial charge in [-0.05, 0) is 24.6 Å². The molecular formula is C14H16FNO4S. The van der Waals surface area contributed by atoms with E-state index >= 15 is 0 Å². The molecule has 0 fully saturated rings. The molecule has 0 radical (unpaired) electrons. The van der Waals surface area contributed by atoms with Crippen LogP contribution in [0.2, 0.25) is 0 Å². The summed E-state index contributed by atoms with van der Waals surface area (Å²) in [5.74, 6) is -2.47. The zero-order valence-electron chi connectivity index (χ0n) is 11.5. The molecule has 1 rings (SSSR count). The number of halogens is 1. The number of nitrogens with zero attached hydrogens (tertiary/aromatic N) is 1. The van der Waals surface area contributed by atoms with Crippen LogP contribution in [0.15, 0.2) is 42.3 Å². The average Bonchev–Trinajstić information content (AvgIpc) is 2.40. The fourth-order valence-electron chi connectivity index (χ4n) is 1.75. The number of aryl methyl sites for hydroxylation is 1. The molecule has 0 aromatic heterocycles. The van der Waals surface area contributed by atoms with Gasteiger partial charge in [-0.2, -0.15) is 4.31 Å². The van der Waals surface area contributed by atoms with E-state index in [-0.39, 0.29) is 23.5 Å². The van der Waals surface area contributed by atoms with Crippen LogP contribution in [0.4, 0.5) is 4.39 Å². The Morgan fingerprint density at radius 2 is 1.86 bits per heavy atom. The first-order valence-electron chi connectivity index (χ1n) is 6.01. The molecule has 1 N–H and O–H groups in total. The van der Waals surface area contributed by atoms with E-state index in [4.69, 9.17) is 5.11 Å². The van der Waals surface area contributed by atoms with E-state index in [1.165, 1.54) is 19.1 Å². The summed E-state index contributed by atoms with van der Waals surface area (Å²) in [5, 5.41) is 8.94. The molecule has 0 atom stereocenters. The van der Waals surface area contributed by atoms with E-state index in [0.29, 0.717) is 0 Å². The van der Waals surface area contributed by atoms with E-state index in [1.54, 1.807) is 0 Å². The molecule has 5 nitrogen and oxygen atoms in total. The highest BCUT2D eigenvalue weighted by Crippen LogP contribution is 2.22. The third-order valence-electron chi connectivity index (χ3n) is 2.76. The van der Waals surface area contributed by atoms with Crippen LogP contribution in [-0.4, -0.2) is 36.9 Å². The molecule has 21 heavy (non-hydrogen) atoms. The van der Waals surface area contributed by atoms with E-state index in [1.807, 2.05) is 0 Å². The molecule has 0 aliphatic rings. The van der Waals surface area contributed by atoms with Crippen molar-refractivity contribution >= 4 is 16.0 Å². The fourth-order valence-corrected chi connectivity index (χ4v) is 3.24. The van der Waals surface area contributed by atoms with Gasteiger partial charge in [-0.3, -0.25) is 0 Å². The molecule has 0 amide bonds. The third kappa shape index (κ3) is 3.56. The van der Waals surface area contributed by atoms with Crippen LogP contribution in [0, 0.1) is 12.7 Å². The number of hydrogen-bond acceptors (Lipinski definition) is 3. The zero-order chi connectivity index (χ0) is 16.2. The van der Waals surface area contributed by atoms with E-state index in [2.05, 4.69) is 13.2 Å². The maximum atomic E-state index is 13.7. The van der Waals surface area contributed by atoms with Crippen molar-refractivity contribution in [1.82, 2.24) is 4.31 Å². The molecule has 0 heterocycles. The van der Waals surface area contributed by atoms with Crippen molar-refractivity contribution in [3.8, 4) is 0 Å². The number of carboxylic acids is 1. The Labute approximate surface area is 123 Å². The van der Waals surface area contributed by atoms with Crippen molar-refractivity contribution in [3.05, 3.63) is 54.4 Å². The van der Waals surface area contributed by atoms with Gasteiger partial charge in [0.25, 0.3) is 0 Å². The third-order valence-corrected chi connectivity index (χ3v) is 4.57. The molecule has 0 aliphatic heterocycles. The number of sulfonamides is 1. The summed E-state index contributed by atoms with van der Waals surface area (Å²) in [4.78, 5) is 10.7. The topological polar surface area (TPSA) is 74.7 Å². The van der Waals surface area contributed by atoms with Gasteiger partial charge < -0.3 is 5.11 Å². The van der Waals surface area contributed by atoms with Gasteiger partial charge in [0, 0.05) is 13.1 Å². The van der Waals surface area contributed by atoms with Gasteiger partial charge in [0.1, 0.15) is 5.82 Å². The largest absolute Gasteiger partial charge is 0.478 e. The summed E-state index contributed by atoms with van der Waals surface area (Å²) in [7, 11) is -3.96. The number of carboxylic acid groups (broad SMARTS) is 1. The Kier molecular flexibility index (Phi) is 5.40. The highest BCUT2D eigenvalue weighted by Gasteiger charge is 2.26. The molecule has 0 aliphatic carbocycles. The van der Waals surface area contributed by atoms with Crippen LogP contribution in [0.1, 0.15) is 15.9 Å². The van der Waals surface area contributed by atoms with Crippen molar-refractivity contribution in [3.63, 3.8) is 0 Å². The minimum Gasteiger partial charge on any atom is -0.478 e. The lowest BCUT2D eigenvalue weighted by atomic mass is 10.1. The average molecular weight is 313 g/mol. The normalized spacial score (nSPS) is 11.4. The van der Waals surface area contributed by atoms with Crippen LogP contribution in [0.5, 0.6) is 0 Å². The van der Waals surface area contributed by atoms with Gasteiger partial charge in [-0.1, -0.05) is 12.2 Å². The maximum absolute atomic E-state index is 13.7. The Balaban J connectivity index is 3.46. The molecule has 0 saturated carbocycles. The number of carbonyl (C=O) groups is 1. The number of rotatable bonds is 7. The number of benzene rings is 1. The minimum atomic E-state index is -3.96. The second kappa shape index (κ2) is 6.64. The Morgan fingerprint density at radius 1 is 1.33 bits per heavy atom. The van der Waals surface area contributed by atoms with Gasteiger partial charge in [0.2, 0.25) is 10.0 Å². The number of aromatic carboxylic acids is 1. The van der Waals surface area contributed by atoms with Crippen LogP contribution >= 0.6 is 0 Å². The zero-order valence-corrected chi connectivity index (χ0v) is 12.4. The van der Waals surface area contributed by atoms with E-state index in [9.17, 15) is 17.6 Å². The van der Waals surface area contributed by atoms with E-state index < -0.39 is 27.4 Å². The first kappa shape index (κ1) is 17.1. The monoisotopic (exact) mass is 313 g/mol. The highest BCUT2D eigenvalue weighted by molar-refractivity contribution is 7.89. The van der Waals surface area contributed by atoms with Crippen molar-refractivity contribution in [2.24, 2.45) is 0 Å². The Bertz CT molecular complexity index is 672. The van der Waals surface area contributed by atoms with Crippen LogP contribution < -0.4 is 0 Å². The minimum absolute atomic E-state index is 0.0349. The van der Waals surface area contributed by atoms with Gasteiger partial charge in [-0.15, -0.1) is 13.2 Å². The molecule has 7 heteroatoms. The van der Waals surface area contributed by atoms with Crippen molar-refractivity contribution in [1.29, 1.82) is 0 Å². The second-order valence-electron chi connectivity index (χ2n) is 4.31. The van der Waals surface area contributed by atoms with Crippen molar-refractivity contribution < 1.29 is 22.7 Å². The summed E-state index contributed by atoms with van der Waals surface area (Å²) in [6.45, 7) is 8.33. The highest BCUT2D eigenvalue weighted by atomic mass is 32.2. The fraction of sp³-hybridized carbons (Fsp3) is 0.214. The molecule has 0 unspecified atom stereocenters. The first-order valence-corrected chi connectivity index (χ1v) is 7.45. The van der Waals surface area contributed by atoms with Gasteiger partial charge in [0.05, 0.1) is 10.5 Å². The lowest BCUT2D eigenvalue weighted by Crippen LogP contribution is -2.31. The van der Waals surface area contributed by atoms with Crippen LogP contribution in [-0.2, 0) is 10.0 Å². The van der Waals surface area contributed by atoms with E-state index in [0.717, 1.165) is 16.4 Å². The molecule has 1 aromatic rings. The smallest absolute Gasteiger partial charge is 0.338 e. The predicted octanol–water partition coefficient (Wildman–Crippen LogP) is 2.20. The van der Waals surface area contributed by atoms with Crippen molar-refractivity contribution in [2.45, 2.75) is 11.8 Å². The molecular weight excluding hydrogens is 297 g/mol. The molecule has 0 bridgehead atoms. The van der Waals surface area contributed by atoms with Crippen molar-refractivity contribution in [2.75, 3.05) is 13.1 Å². The summed E-state index contributed by atoms with van der Waals surface area (Å²) >= 11 is 0. The van der Waals surface area contributed by atoms with Gasteiger partial charge in [0.15, 0.2) is 0 Å².